The zero-order valence-electron chi connectivity index (χ0n) is 53.8. The molecule has 85 heavy (non-hydrogen) atoms. The number of para-hydroxylation sites is 6. The van der Waals surface area contributed by atoms with Crippen molar-refractivity contribution in [3.63, 3.8) is 0 Å². The predicted octanol–water partition coefficient (Wildman–Crippen LogP) is 19.1. The molecule has 0 saturated carbocycles. The zero-order valence-corrected chi connectivity index (χ0v) is 51.1. The van der Waals surface area contributed by atoms with Crippen LogP contribution in [-0.4, -0.2) is 18.7 Å². The van der Waals surface area contributed by atoms with E-state index in [2.05, 4.69) is 229 Å². The normalized spacial score (nSPS) is 13.0. The molecule has 0 aliphatic rings. The third kappa shape index (κ3) is 9.96. The van der Waals surface area contributed by atoms with Crippen LogP contribution in [0.25, 0.3) is 99.8 Å². The molecule has 0 radical (unpaired) electrons. The SMILES string of the molecule is [2H]c1c([2H])c([2H])c(-c2cccc(-c3cc(C(C)(C)C)cc(C(C)(C)C)c3)c2-[n+]2[c-]n(-c3[c-]c(Oc4[c-]c5c(c(-n6c7ccccc7c7ccccc76)c4)c4ccccc4n5-c4cc(CC(C)(C)c5ccccc5)ccn4)ccc3)c3ccccc32)c([2H])c1[2H].[Pt]. The van der Waals surface area contributed by atoms with Crippen LogP contribution in [0.5, 0.6) is 11.5 Å². The van der Waals surface area contributed by atoms with Crippen LogP contribution in [0.1, 0.15) is 84.5 Å². The van der Waals surface area contributed by atoms with Gasteiger partial charge in [-0.2, -0.15) is 12.1 Å². The Bertz CT molecular complexity index is 5050. The summed E-state index contributed by atoms with van der Waals surface area (Å²) in [7, 11) is 0. The minimum Gasteiger partial charge on any atom is -0.510 e. The second kappa shape index (κ2) is 21.5. The summed E-state index contributed by atoms with van der Waals surface area (Å²) in [6.07, 6.45) is 6.44. The van der Waals surface area contributed by atoms with E-state index in [1.807, 2.05) is 69.9 Å². The maximum absolute atomic E-state index is 9.35. The van der Waals surface area contributed by atoms with Gasteiger partial charge in [-0.25, -0.2) is 4.98 Å². The molecule has 14 rings (SSSR count). The Balaban J connectivity index is 0.00000743. The van der Waals surface area contributed by atoms with Gasteiger partial charge in [0.2, 0.25) is 0 Å². The van der Waals surface area contributed by atoms with Crippen molar-refractivity contribution in [3.05, 3.63) is 277 Å². The molecule has 4 aromatic heterocycles. The molecule has 4 heterocycles. The van der Waals surface area contributed by atoms with E-state index < -0.39 is 18.1 Å². The minimum atomic E-state index is -0.452. The van der Waals surface area contributed by atoms with Crippen molar-refractivity contribution in [1.29, 1.82) is 0 Å². The van der Waals surface area contributed by atoms with Gasteiger partial charge in [0.05, 0.1) is 34.6 Å². The van der Waals surface area contributed by atoms with Gasteiger partial charge in [-0.15, -0.1) is 24.3 Å². The quantitative estimate of drug-likeness (QED) is 0.0956. The fourth-order valence-corrected chi connectivity index (χ4v) is 12.2. The van der Waals surface area contributed by atoms with Crippen molar-refractivity contribution in [2.24, 2.45) is 0 Å². The van der Waals surface area contributed by atoms with Crippen LogP contribution in [-0.2, 0) is 43.7 Å². The van der Waals surface area contributed by atoms with Gasteiger partial charge in [0, 0.05) is 55.1 Å². The van der Waals surface area contributed by atoms with Crippen molar-refractivity contribution in [1.82, 2.24) is 18.7 Å². The van der Waals surface area contributed by atoms with Crippen LogP contribution in [0, 0.1) is 18.5 Å². The number of hydrogen-bond donors (Lipinski definition) is 0. The molecule has 0 N–H and O–H groups in total. The Morgan fingerprint density at radius 2 is 1.11 bits per heavy atom. The Kier molecular flexibility index (Phi) is 12.5. The number of ether oxygens (including phenoxy) is 1. The molecule has 0 spiro atoms. The Morgan fingerprint density at radius 3 is 1.78 bits per heavy atom. The molecule has 0 unspecified atom stereocenters. The number of benzene rings is 10. The summed E-state index contributed by atoms with van der Waals surface area (Å²) in [5, 5.41) is 4.31. The predicted molar refractivity (Wildman–Crippen MR) is 346 cm³/mol. The summed E-state index contributed by atoms with van der Waals surface area (Å²) in [4.78, 5) is 5.11. The van der Waals surface area contributed by atoms with Gasteiger partial charge in [0.15, 0.2) is 0 Å². The van der Waals surface area contributed by atoms with E-state index in [1.165, 1.54) is 5.56 Å². The average molecular weight is 1290 g/mol. The van der Waals surface area contributed by atoms with E-state index in [0.29, 0.717) is 28.4 Å². The Hall–Kier alpha value is -9.09. The van der Waals surface area contributed by atoms with Gasteiger partial charge in [0.25, 0.3) is 6.33 Å². The van der Waals surface area contributed by atoms with Crippen molar-refractivity contribution < 1.29 is 37.2 Å². The van der Waals surface area contributed by atoms with Gasteiger partial charge in [-0.3, -0.25) is 4.57 Å². The maximum atomic E-state index is 9.35. The molecule has 7 heteroatoms. The third-order valence-corrected chi connectivity index (χ3v) is 16.5. The fraction of sp³-hybridized carbons (Fsp3) is 0.154. The molecule has 6 nitrogen and oxygen atoms in total. The molecule has 0 aliphatic heterocycles. The molecule has 0 saturated heterocycles. The topological polar surface area (TPSA) is 40.8 Å². The molecule has 0 fully saturated rings. The van der Waals surface area contributed by atoms with Crippen LogP contribution >= 0.6 is 0 Å². The van der Waals surface area contributed by atoms with E-state index in [9.17, 15) is 2.74 Å². The molecule has 420 valence electrons. The first-order valence-corrected chi connectivity index (χ1v) is 28.7. The monoisotopic (exact) mass is 1290 g/mol. The molecule has 0 amide bonds. The summed E-state index contributed by atoms with van der Waals surface area (Å²) >= 11 is 0. The molecule has 0 atom stereocenters. The number of fused-ring (bicyclic) bond motifs is 7. The average Bonchev–Trinajstić information content (AvgIpc) is 1.51. The van der Waals surface area contributed by atoms with Crippen molar-refractivity contribution in [2.45, 2.75) is 78.1 Å². The van der Waals surface area contributed by atoms with E-state index in [4.69, 9.17) is 13.8 Å². The van der Waals surface area contributed by atoms with Gasteiger partial charge >= 0.3 is 0 Å². The molecule has 14 aromatic rings. The van der Waals surface area contributed by atoms with Gasteiger partial charge in [0.1, 0.15) is 5.82 Å². The van der Waals surface area contributed by atoms with Crippen molar-refractivity contribution in [2.75, 3.05) is 0 Å². The van der Waals surface area contributed by atoms with Crippen LogP contribution in [0.3, 0.4) is 0 Å². The van der Waals surface area contributed by atoms with Crippen LogP contribution in [0.15, 0.2) is 237 Å². The molecular weight excluding hydrogens is 1220 g/mol. The molecule has 0 aliphatic carbocycles. The van der Waals surface area contributed by atoms with E-state index in [-0.39, 0.29) is 55.0 Å². The summed E-state index contributed by atoms with van der Waals surface area (Å²) in [6.45, 7) is 17.8. The first-order valence-electron chi connectivity index (χ1n) is 31.2. The van der Waals surface area contributed by atoms with Crippen molar-refractivity contribution in [3.8, 4) is 56.6 Å². The number of hydrogen-bond acceptors (Lipinski definition) is 2. The Labute approximate surface area is 519 Å². The summed E-state index contributed by atoms with van der Waals surface area (Å²) in [5.74, 6) is 1.67. The maximum Gasteiger partial charge on any atom is 0.268 e. The zero-order chi connectivity index (χ0) is 61.8. The number of aromatic nitrogens is 5. The molecule has 10 aromatic carbocycles. The van der Waals surface area contributed by atoms with E-state index in [0.717, 1.165) is 100 Å². The third-order valence-electron chi connectivity index (χ3n) is 16.5. The van der Waals surface area contributed by atoms with Crippen LogP contribution in [0.2, 0.25) is 0 Å². The largest absolute Gasteiger partial charge is 0.510 e. The van der Waals surface area contributed by atoms with Gasteiger partial charge in [-0.05, 0) is 114 Å². The Morgan fingerprint density at radius 1 is 0.518 bits per heavy atom. The first-order chi connectivity index (χ1) is 42.7. The van der Waals surface area contributed by atoms with Crippen molar-refractivity contribution >= 4 is 54.6 Å². The first kappa shape index (κ1) is 49.3. The number of nitrogens with zero attached hydrogens (tertiary/aromatic N) is 5. The van der Waals surface area contributed by atoms with E-state index >= 15 is 0 Å². The number of pyridine rings is 1. The second-order valence-electron chi connectivity index (χ2n) is 24.7. The fourth-order valence-electron chi connectivity index (χ4n) is 12.2. The van der Waals surface area contributed by atoms with Crippen LogP contribution < -0.4 is 9.30 Å². The second-order valence-corrected chi connectivity index (χ2v) is 24.7. The number of imidazole rings is 1. The smallest absolute Gasteiger partial charge is 0.268 e. The van der Waals surface area contributed by atoms with E-state index in [1.54, 1.807) is 0 Å². The molecule has 0 bridgehead atoms. The van der Waals surface area contributed by atoms with Gasteiger partial charge in [-0.1, -0.05) is 242 Å². The minimum absolute atomic E-state index is 0. The number of rotatable bonds is 11. The summed E-state index contributed by atoms with van der Waals surface area (Å²) in [5.41, 5.74) is 14.0. The van der Waals surface area contributed by atoms with Gasteiger partial charge < -0.3 is 18.4 Å². The molecular formula is C78H65N5OPt-2. The van der Waals surface area contributed by atoms with Crippen LogP contribution in [0.4, 0.5) is 0 Å². The summed E-state index contributed by atoms with van der Waals surface area (Å²) in [6, 6.07) is 74.6. The standard InChI is InChI=1S/C78H65N5O.Pt/c1-76(2,3)56-44-54(45-57(46-56)77(4,5)6)62-35-24-34-61(53-25-11-9-12-26-53)75(62)81-51-80(69-39-21-22-40-70(69)81)58-29-23-30-59(47-58)84-60-48-71(82-66-36-18-15-31-63(66)64-32-16-19-37-67(64)82)74-65-33-17-20-38-68(65)83(72(74)49-60)73-43-52(41-42-79-73)50-78(7,8)55-27-13-10-14-28-55;/h9-46,48H,50H2,1-8H3;/q-2;/i9D,11D,12D,25D,26D;. The summed E-state index contributed by atoms with van der Waals surface area (Å²) < 4.78 is 60.6.